The van der Waals surface area contributed by atoms with Gasteiger partial charge in [-0.15, -0.1) is 11.3 Å². The summed E-state index contributed by atoms with van der Waals surface area (Å²) in [6, 6.07) is 6.53. The normalized spacial score (nSPS) is 11.4. The molecule has 0 radical (unpaired) electrons. The molecule has 0 spiro atoms. The number of aryl methyl sites for hydroxylation is 4. The minimum absolute atomic E-state index is 0.745. The summed E-state index contributed by atoms with van der Waals surface area (Å²) in [6.07, 6.45) is 0. The van der Waals surface area contributed by atoms with Crippen LogP contribution in [0.2, 0.25) is 0 Å². The van der Waals surface area contributed by atoms with Gasteiger partial charge in [-0.05, 0) is 33.3 Å². The number of thiazole rings is 1. The molecule has 0 saturated carbocycles. The fourth-order valence-corrected chi connectivity index (χ4v) is 3.57. The van der Waals surface area contributed by atoms with Crippen LogP contribution in [0.4, 0.5) is 5.82 Å². The lowest BCUT2D eigenvalue weighted by Gasteiger charge is -2.08. The second-order valence-electron chi connectivity index (χ2n) is 5.03. The Bertz CT molecular complexity index is 780. The lowest BCUT2D eigenvalue weighted by atomic mass is 10.0. The highest BCUT2D eigenvalue weighted by atomic mass is 32.1. The topological polar surface area (TPSA) is 43.3 Å². The molecular weight excluding hydrogens is 254 g/mol. The summed E-state index contributed by atoms with van der Waals surface area (Å²) < 4.78 is 2.08. The minimum atomic E-state index is 0.745. The number of nitrogen functional groups attached to an aromatic ring is 1. The van der Waals surface area contributed by atoms with E-state index in [1.807, 2.05) is 6.92 Å². The maximum atomic E-state index is 6.18. The number of hydrogen-bond donors (Lipinski definition) is 1. The first-order valence-electron chi connectivity index (χ1n) is 6.30. The van der Waals surface area contributed by atoms with Crippen molar-refractivity contribution in [1.82, 2.24) is 9.38 Å². The molecule has 0 saturated heterocycles. The quantitative estimate of drug-likeness (QED) is 0.730. The summed E-state index contributed by atoms with van der Waals surface area (Å²) in [4.78, 5) is 6.75. The highest BCUT2D eigenvalue weighted by Crippen LogP contribution is 2.35. The molecule has 3 nitrogen and oxygen atoms in total. The maximum Gasteiger partial charge on any atom is 0.196 e. The average Bonchev–Trinajstić information content (AvgIpc) is 2.77. The van der Waals surface area contributed by atoms with Gasteiger partial charge in [0, 0.05) is 10.4 Å². The van der Waals surface area contributed by atoms with E-state index in [-0.39, 0.29) is 0 Å². The van der Waals surface area contributed by atoms with Crippen molar-refractivity contribution in [3.05, 3.63) is 39.9 Å². The first-order valence-corrected chi connectivity index (χ1v) is 7.12. The predicted octanol–water partition coefficient (Wildman–Crippen LogP) is 3.88. The van der Waals surface area contributed by atoms with Gasteiger partial charge < -0.3 is 5.73 Å². The summed E-state index contributed by atoms with van der Waals surface area (Å²) in [5.41, 5.74) is 12.0. The molecule has 0 aliphatic heterocycles. The molecule has 0 amide bonds. The van der Waals surface area contributed by atoms with Crippen molar-refractivity contribution in [1.29, 1.82) is 0 Å². The Hall–Kier alpha value is -1.81. The summed E-state index contributed by atoms with van der Waals surface area (Å²) in [6.45, 7) is 8.34. The summed E-state index contributed by atoms with van der Waals surface area (Å²) in [5, 5.41) is 0. The van der Waals surface area contributed by atoms with Gasteiger partial charge in [-0.3, -0.25) is 4.40 Å². The average molecular weight is 271 g/mol. The molecule has 1 aromatic carbocycles. The number of imidazole rings is 1. The van der Waals surface area contributed by atoms with Crippen molar-refractivity contribution in [3.63, 3.8) is 0 Å². The largest absolute Gasteiger partial charge is 0.383 e. The SMILES string of the molecule is Cc1ccc(-c2c(C)sc3nc(C)c(N)n23)c(C)c1. The highest BCUT2D eigenvalue weighted by molar-refractivity contribution is 7.17. The van der Waals surface area contributed by atoms with Crippen LogP contribution >= 0.6 is 11.3 Å². The fourth-order valence-electron chi connectivity index (χ4n) is 2.53. The van der Waals surface area contributed by atoms with E-state index in [9.17, 15) is 0 Å². The van der Waals surface area contributed by atoms with Crippen LogP contribution in [0.1, 0.15) is 21.7 Å². The van der Waals surface area contributed by atoms with Gasteiger partial charge in [0.15, 0.2) is 4.96 Å². The lowest BCUT2D eigenvalue weighted by Crippen LogP contribution is -1.97. The molecule has 0 bridgehead atoms. The van der Waals surface area contributed by atoms with Crippen LogP contribution in [0.3, 0.4) is 0 Å². The van der Waals surface area contributed by atoms with Crippen LogP contribution in [0.15, 0.2) is 18.2 Å². The van der Waals surface area contributed by atoms with Crippen LogP contribution < -0.4 is 5.73 Å². The molecule has 3 aromatic rings. The number of anilines is 1. The van der Waals surface area contributed by atoms with E-state index in [4.69, 9.17) is 5.73 Å². The Balaban J connectivity index is 2.38. The third-order valence-electron chi connectivity index (χ3n) is 3.50. The van der Waals surface area contributed by atoms with Crippen molar-refractivity contribution >= 4 is 22.1 Å². The van der Waals surface area contributed by atoms with E-state index < -0.39 is 0 Å². The van der Waals surface area contributed by atoms with Crippen LogP contribution in [-0.2, 0) is 0 Å². The van der Waals surface area contributed by atoms with E-state index in [1.54, 1.807) is 11.3 Å². The first kappa shape index (κ1) is 12.2. The Morgan fingerprint density at radius 3 is 2.58 bits per heavy atom. The van der Waals surface area contributed by atoms with Gasteiger partial charge in [-0.25, -0.2) is 4.98 Å². The number of fused-ring (bicyclic) bond motifs is 1. The van der Waals surface area contributed by atoms with E-state index >= 15 is 0 Å². The van der Waals surface area contributed by atoms with E-state index in [0.717, 1.165) is 16.5 Å². The molecule has 2 N–H and O–H groups in total. The maximum absolute atomic E-state index is 6.18. The molecule has 0 fully saturated rings. The second kappa shape index (κ2) is 4.10. The number of aromatic nitrogens is 2. The van der Waals surface area contributed by atoms with E-state index in [1.165, 1.54) is 27.3 Å². The molecule has 3 rings (SSSR count). The third kappa shape index (κ3) is 1.75. The summed E-state index contributed by atoms with van der Waals surface area (Å²) >= 11 is 1.69. The van der Waals surface area contributed by atoms with Gasteiger partial charge in [0.25, 0.3) is 0 Å². The van der Waals surface area contributed by atoms with Crippen molar-refractivity contribution in [2.24, 2.45) is 0 Å². The minimum Gasteiger partial charge on any atom is -0.383 e. The van der Waals surface area contributed by atoms with Crippen LogP contribution in [0.25, 0.3) is 16.2 Å². The van der Waals surface area contributed by atoms with Gasteiger partial charge in [0.1, 0.15) is 5.82 Å². The Labute approximate surface area is 116 Å². The molecular formula is C15H17N3S. The van der Waals surface area contributed by atoms with E-state index in [0.29, 0.717) is 0 Å². The summed E-state index contributed by atoms with van der Waals surface area (Å²) in [7, 11) is 0. The molecule has 98 valence electrons. The third-order valence-corrected chi connectivity index (χ3v) is 4.46. The smallest absolute Gasteiger partial charge is 0.196 e. The number of benzene rings is 1. The molecule has 4 heteroatoms. The molecule has 0 unspecified atom stereocenters. The highest BCUT2D eigenvalue weighted by Gasteiger charge is 2.17. The van der Waals surface area contributed by atoms with Gasteiger partial charge in [0.2, 0.25) is 0 Å². The lowest BCUT2D eigenvalue weighted by molar-refractivity contribution is 1.21. The Morgan fingerprint density at radius 2 is 1.89 bits per heavy atom. The molecule has 0 atom stereocenters. The molecule has 19 heavy (non-hydrogen) atoms. The Morgan fingerprint density at radius 1 is 1.16 bits per heavy atom. The molecule has 0 aliphatic rings. The fraction of sp³-hybridized carbons (Fsp3) is 0.267. The van der Waals surface area contributed by atoms with Crippen LogP contribution in [-0.4, -0.2) is 9.38 Å². The molecule has 0 aliphatic carbocycles. The van der Waals surface area contributed by atoms with Crippen molar-refractivity contribution < 1.29 is 0 Å². The number of nitrogens with two attached hydrogens (primary N) is 1. The van der Waals surface area contributed by atoms with Crippen molar-refractivity contribution in [3.8, 4) is 11.3 Å². The van der Waals surface area contributed by atoms with Crippen molar-refractivity contribution in [2.45, 2.75) is 27.7 Å². The zero-order valence-corrected chi connectivity index (χ0v) is 12.4. The van der Waals surface area contributed by atoms with Gasteiger partial charge >= 0.3 is 0 Å². The number of rotatable bonds is 1. The molecule has 2 aromatic heterocycles. The molecule has 2 heterocycles. The van der Waals surface area contributed by atoms with Gasteiger partial charge in [-0.2, -0.15) is 0 Å². The number of nitrogens with zero attached hydrogens (tertiary/aromatic N) is 2. The van der Waals surface area contributed by atoms with Gasteiger partial charge in [0.05, 0.1) is 11.4 Å². The monoisotopic (exact) mass is 271 g/mol. The standard InChI is InChI=1S/C15H17N3S/c1-8-5-6-12(9(2)7-8)13-11(4)19-15-17-10(3)14(16)18(13)15/h5-7H,16H2,1-4H3. The zero-order chi connectivity index (χ0) is 13.7. The van der Waals surface area contributed by atoms with Crippen LogP contribution in [0, 0.1) is 27.7 Å². The van der Waals surface area contributed by atoms with E-state index in [2.05, 4.69) is 48.4 Å². The number of hydrogen-bond acceptors (Lipinski definition) is 3. The Kier molecular flexibility index (Phi) is 2.64. The predicted molar refractivity (Wildman–Crippen MR) is 81.9 cm³/mol. The first-order chi connectivity index (χ1) is 8.99. The van der Waals surface area contributed by atoms with Crippen molar-refractivity contribution in [2.75, 3.05) is 5.73 Å². The van der Waals surface area contributed by atoms with Crippen LogP contribution in [0.5, 0.6) is 0 Å². The second-order valence-corrected chi connectivity index (χ2v) is 6.21. The summed E-state index contributed by atoms with van der Waals surface area (Å²) in [5.74, 6) is 0.745. The zero-order valence-electron chi connectivity index (χ0n) is 11.6. The van der Waals surface area contributed by atoms with Gasteiger partial charge in [-0.1, -0.05) is 23.8 Å².